The first-order chi connectivity index (χ1) is 9.92. The summed E-state index contributed by atoms with van der Waals surface area (Å²) in [4.78, 5) is 12.2. The minimum atomic E-state index is -0.418. The van der Waals surface area contributed by atoms with Gasteiger partial charge in [-0.1, -0.05) is 0 Å². The highest BCUT2D eigenvalue weighted by Gasteiger charge is 2.13. The molecule has 0 aliphatic carbocycles. The van der Waals surface area contributed by atoms with E-state index in [2.05, 4.69) is 53.1 Å². The number of carbonyl (C=O) groups is 1. The van der Waals surface area contributed by atoms with Gasteiger partial charge in [-0.15, -0.1) is 0 Å². The maximum Gasteiger partial charge on any atom is 0.255 e. The zero-order valence-electron chi connectivity index (χ0n) is 10.7. The average molecular weight is 482 g/mol. The van der Waals surface area contributed by atoms with Crippen LogP contribution in [0.1, 0.15) is 10.4 Å². The van der Waals surface area contributed by atoms with E-state index < -0.39 is 5.82 Å². The molecule has 0 bridgehead atoms. The number of rotatable bonds is 3. The van der Waals surface area contributed by atoms with E-state index in [1.54, 1.807) is 12.1 Å². The molecule has 0 spiro atoms. The van der Waals surface area contributed by atoms with Crippen LogP contribution in [0.5, 0.6) is 5.75 Å². The number of hydrogen-bond donors (Lipinski definition) is 1. The van der Waals surface area contributed by atoms with Gasteiger partial charge >= 0.3 is 0 Å². The van der Waals surface area contributed by atoms with E-state index in [0.717, 1.165) is 4.47 Å². The molecule has 0 radical (unpaired) electrons. The van der Waals surface area contributed by atoms with Crippen molar-refractivity contribution in [3.63, 3.8) is 0 Å². The molecule has 1 N–H and O–H groups in total. The van der Waals surface area contributed by atoms with Crippen molar-refractivity contribution in [3.8, 4) is 5.75 Å². The Labute approximate surface area is 146 Å². The third-order valence-corrected chi connectivity index (χ3v) is 4.55. The lowest BCUT2D eigenvalue weighted by Crippen LogP contribution is -2.12. The van der Waals surface area contributed by atoms with E-state index in [1.165, 1.54) is 25.3 Å². The van der Waals surface area contributed by atoms with Crippen molar-refractivity contribution >= 4 is 59.4 Å². The van der Waals surface area contributed by atoms with Gasteiger partial charge in [0, 0.05) is 16.1 Å². The van der Waals surface area contributed by atoms with Crippen LogP contribution in [0.25, 0.3) is 0 Å². The molecule has 1 amide bonds. The van der Waals surface area contributed by atoms with Gasteiger partial charge in [0.05, 0.1) is 21.7 Å². The van der Waals surface area contributed by atoms with Crippen LogP contribution in [-0.4, -0.2) is 13.0 Å². The average Bonchev–Trinajstić information content (AvgIpc) is 2.44. The molecule has 2 rings (SSSR count). The minimum Gasteiger partial charge on any atom is -0.495 e. The maximum absolute atomic E-state index is 13.2. The van der Waals surface area contributed by atoms with Crippen LogP contribution in [0.4, 0.5) is 10.1 Å². The lowest BCUT2D eigenvalue weighted by molar-refractivity contribution is 0.102. The van der Waals surface area contributed by atoms with Crippen molar-refractivity contribution in [3.05, 3.63) is 55.1 Å². The molecule has 0 saturated carbocycles. The van der Waals surface area contributed by atoms with Crippen LogP contribution in [-0.2, 0) is 0 Å². The highest BCUT2D eigenvalue weighted by atomic mass is 79.9. The highest BCUT2D eigenvalue weighted by molar-refractivity contribution is 9.11. The van der Waals surface area contributed by atoms with E-state index in [0.29, 0.717) is 21.5 Å². The molecule has 0 atom stereocenters. The molecular formula is C14H9Br3FNO2. The Bertz CT molecular complexity index is 707. The summed E-state index contributed by atoms with van der Waals surface area (Å²) in [6.07, 6.45) is 0. The first kappa shape index (κ1) is 16.5. The summed E-state index contributed by atoms with van der Waals surface area (Å²) in [5.74, 6) is -0.174. The second-order valence-electron chi connectivity index (χ2n) is 4.05. The fraction of sp³-hybridized carbons (Fsp3) is 0.0714. The van der Waals surface area contributed by atoms with Crippen LogP contribution in [0.2, 0.25) is 0 Å². The van der Waals surface area contributed by atoms with Crippen molar-refractivity contribution in [2.45, 2.75) is 0 Å². The lowest BCUT2D eigenvalue weighted by Gasteiger charge is -2.11. The van der Waals surface area contributed by atoms with Gasteiger partial charge in [-0.2, -0.15) is 0 Å². The Morgan fingerprint density at radius 1 is 1.10 bits per heavy atom. The Morgan fingerprint density at radius 3 is 2.43 bits per heavy atom. The molecule has 0 aliphatic rings. The van der Waals surface area contributed by atoms with Crippen LogP contribution in [0.3, 0.4) is 0 Å². The number of ether oxygens (including phenoxy) is 1. The van der Waals surface area contributed by atoms with Gasteiger partial charge < -0.3 is 10.1 Å². The van der Waals surface area contributed by atoms with E-state index in [1.807, 2.05) is 0 Å². The number of methoxy groups -OCH3 is 1. The summed E-state index contributed by atoms with van der Waals surface area (Å²) in [5.41, 5.74) is 0.901. The number of anilines is 1. The Kier molecular flexibility index (Phi) is 5.40. The molecule has 0 aliphatic heterocycles. The van der Waals surface area contributed by atoms with Gasteiger partial charge in [0.2, 0.25) is 0 Å². The predicted molar refractivity (Wildman–Crippen MR) is 90.4 cm³/mol. The Balaban J connectivity index is 2.29. The number of nitrogens with one attached hydrogen (secondary N) is 1. The van der Waals surface area contributed by atoms with Crippen molar-refractivity contribution in [2.24, 2.45) is 0 Å². The molecule has 7 heteroatoms. The number of halogens is 4. The van der Waals surface area contributed by atoms with Gasteiger partial charge in [0.25, 0.3) is 5.91 Å². The van der Waals surface area contributed by atoms with Gasteiger partial charge in [0.15, 0.2) is 0 Å². The smallest absolute Gasteiger partial charge is 0.255 e. The third kappa shape index (κ3) is 3.84. The van der Waals surface area contributed by atoms with Gasteiger partial charge in [-0.25, -0.2) is 4.39 Å². The van der Waals surface area contributed by atoms with Crippen LogP contribution in [0, 0.1) is 5.82 Å². The molecule has 21 heavy (non-hydrogen) atoms. The van der Waals surface area contributed by atoms with Crippen molar-refractivity contribution in [2.75, 3.05) is 12.4 Å². The highest BCUT2D eigenvalue weighted by Crippen LogP contribution is 2.34. The summed E-state index contributed by atoms with van der Waals surface area (Å²) in [7, 11) is 1.54. The molecule has 110 valence electrons. The summed E-state index contributed by atoms with van der Waals surface area (Å²) >= 11 is 9.78. The normalized spacial score (nSPS) is 10.3. The number of carbonyl (C=O) groups excluding carboxylic acids is 1. The standard InChI is InChI=1S/C14H9Br3FNO2/c1-21-13-6-12(9(16)5-10(13)17)19-14(20)7-2-3-11(18)8(15)4-7/h2-6H,1H3,(H,19,20). The van der Waals surface area contributed by atoms with Gasteiger partial charge in [-0.05, 0) is 72.1 Å². The molecule has 3 nitrogen and oxygen atoms in total. The zero-order chi connectivity index (χ0) is 15.6. The molecule has 0 saturated heterocycles. The van der Waals surface area contributed by atoms with E-state index in [-0.39, 0.29) is 10.4 Å². The Morgan fingerprint density at radius 2 is 1.81 bits per heavy atom. The number of amides is 1. The summed E-state index contributed by atoms with van der Waals surface area (Å²) in [5, 5.41) is 2.75. The lowest BCUT2D eigenvalue weighted by atomic mass is 10.2. The monoisotopic (exact) mass is 479 g/mol. The first-order valence-electron chi connectivity index (χ1n) is 5.72. The predicted octanol–water partition coefficient (Wildman–Crippen LogP) is 5.37. The molecule has 0 unspecified atom stereocenters. The fourth-order valence-corrected chi connectivity index (χ4v) is 3.25. The van der Waals surface area contributed by atoms with Crippen molar-refractivity contribution in [1.29, 1.82) is 0 Å². The number of hydrogen-bond acceptors (Lipinski definition) is 2. The van der Waals surface area contributed by atoms with Gasteiger partial charge in [-0.3, -0.25) is 4.79 Å². The second kappa shape index (κ2) is 6.89. The zero-order valence-corrected chi connectivity index (χ0v) is 15.5. The first-order valence-corrected chi connectivity index (χ1v) is 8.09. The van der Waals surface area contributed by atoms with Crippen LogP contribution >= 0.6 is 47.8 Å². The molecule has 0 fully saturated rings. The molecular weight excluding hydrogens is 473 g/mol. The summed E-state index contributed by atoms with van der Waals surface area (Å²) in [6.45, 7) is 0. The summed E-state index contributed by atoms with van der Waals surface area (Å²) in [6, 6.07) is 7.53. The van der Waals surface area contributed by atoms with E-state index in [4.69, 9.17) is 4.74 Å². The third-order valence-electron chi connectivity index (χ3n) is 2.67. The summed E-state index contributed by atoms with van der Waals surface area (Å²) < 4.78 is 20.1. The minimum absolute atomic E-state index is 0.239. The van der Waals surface area contributed by atoms with Crippen molar-refractivity contribution in [1.82, 2.24) is 0 Å². The Hall–Kier alpha value is -0.920. The van der Waals surface area contributed by atoms with E-state index in [9.17, 15) is 9.18 Å². The maximum atomic E-state index is 13.2. The quantitative estimate of drug-likeness (QED) is 0.639. The van der Waals surface area contributed by atoms with Crippen molar-refractivity contribution < 1.29 is 13.9 Å². The SMILES string of the molecule is COc1cc(NC(=O)c2ccc(F)c(Br)c2)c(Br)cc1Br. The molecule has 2 aromatic rings. The van der Waals surface area contributed by atoms with Crippen LogP contribution < -0.4 is 10.1 Å². The van der Waals surface area contributed by atoms with Gasteiger partial charge in [0.1, 0.15) is 11.6 Å². The fourth-order valence-electron chi connectivity index (χ4n) is 1.61. The van der Waals surface area contributed by atoms with E-state index >= 15 is 0 Å². The second-order valence-corrected chi connectivity index (χ2v) is 6.61. The molecule has 0 aromatic heterocycles. The van der Waals surface area contributed by atoms with Crippen LogP contribution in [0.15, 0.2) is 43.7 Å². The molecule has 2 aromatic carbocycles. The number of benzene rings is 2. The topological polar surface area (TPSA) is 38.3 Å². The molecule has 0 heterocycles. The largest absolute Gasteiger partial charge is 0.495 e.